The van der Waals surface area contributed by atoms with Gasteiger partial charge in [-0.05, 0) is 44.0 Å². The summed E-state index contributed by atoms with van der Waals surface area (Å²) >= 11 is 0. The first-order valence-electron chi connectivity index (χ1n) is 5.13. The maximum Gasteiger partial charge on any atom is 0.0624 e. The van der Waals surface area contributed by atoms with Gasteiger partial charge in [-0.2, -0.15) is 0 Å². The van der Waals surface area contributed by atoms with E-state index in [-0.39, 0.29) is 0 Å². The summed E-state index contributed by atoms with van der Waals surface area (Å²) in [4.78, 5) is 4.60. The zero-order valence-electron chi connectivity index (χ0n) is 8.80. The van der Waals surface area contributed by atoms with Gasteiger partial charge < -0.3 is 11.1 Å². The highest BCUT2D eigenvalue weighted by Crippen LogP contribution is 2.28. The molecule has 76 valence electrons. The first-order valence-corrected chi connectivity index (χ1v) is 5.13. The average Bonchev–Trinajstić information content (AvgIpc) is 2.49. The van der Waals surface area contributed by atoms with Crippen LogP contribution in [0.15, 0.2) is 6.07 Å². The first-order chi connectivity index (χ1) is 6.72. The lowest BCUT2D eigenvalue weighted by atomic mass is 10.0. The largest absolute Gasteiger partial charge is 0.330 e. The van der Waals surface area contributed by atoms with Crippen molar-refractivity contribution in [2.45, 2.75) is 32.9 Å². The molecule has 0 saturated heterocycles. The van der Waals surface area contributed by atoms with E-state index in [1.54, 1.807) is 0 Å². The van der Waals surface area contributed by atoms with E-state index in [4.69, 9.17) is 5.73 Å². The Labute approximate surface area is 84.7 Å². The number of aromatic nitrogens is 1. The lowest BCUT2D eigenvalue weighted by Crippen LogP contribution is -2.16. The summed E-state index contributed by atoms with van der Waals surface area (Å²) < 4.78 is 0. The molecule has 0 bridgehead atoms. The predicted molar refractivity (Wildman–Crippen MR) is 57.0 cm³/mol. The van der Waals surface area contributed by atoms with Crippen LogP contribution in [0.25, 0.3) is 0 Å². The molecular weight excluding hydrogens is 174 g/mol. The molecular formula is C11H17N3. The second-order valence-corrected chi connectivity index (χ2v) is 3.96. The second kappa shape index (κ2) is 3.67. The molecule has 1 atom stereocenters. The van der Waals surface area contributed by atoms with Gasteiger partial charge in [-0.1, -0.05) is 0 Å². The maximum atomic E-state index is 5.57. The zero-order valence-corrected chi connectivity index (χ0v) is 8.80. The van der Waals surface area contributed by atoms with Crippen LogP contribution in [0.5, 0.6) is 0 Å². The topological polar surface area (TPSA) is 50.9 Å². The van der Waals surface area contributed by atoms with E-state index < -0.39 is 0 Å². The molecule has 0 aliphatic carbocycles. The van der Waals surface area contributed by atoms with Gasteiger partial charge in [0.1, 0.15) is 0 Å². The highest BCUT2D eigenvalue weighted by Gasteiger charge is 2.24. The fourth-order valence-electron chi connectivity index (χ4n) is 2.14. The first kappa shape index (κ1) is 9.62. The van der Waals surface area contributed by atoms with Gasteiger partial charge in [-0.3, -0.25) is 4.98 Å². The molecule has 0 spiro atoms. The van der Waals surface area contributed by atoms with Gasteiger partial charge in [-0.25, -0.2) is 0 Å². The molecule has 0 radical (unpaired) electrons. The number of aryl methyl sites for hydroxylation is 2. The lowest BCUT2D eigenvalue weighted by molar-refractivity contribution is 0.540. The van der Waals surface area contributed by atoms with E-state index in [0.717, 1.165) is 18.7 Å². The minimum Gasteiger partial charge on any atom is -0.330 e. The molecule has 0 fully saturated rings. The smallest absolute Gasteiger partial charge is 0.0624 e. The molecule has 0 aromatic carbocycles. The Kier molecular flexibility index (Phi) is 2.52. The molecule has 2 heterocycles. The summed E-state index contributed by atoms with van der Waals surface area (Å²) in [6.45, 7) is 5.86. The third-order valence-electron chi connectivity index (χ3n) is 2.82. The van der Waals surface area contributed by atoms with Gasteiger partial charge in [0.25, 0.3) is 0 Å². The van der Waals surface area contributed by atoms with E-state index in [0.29, 0.717) is 12.6 Å². The fraction of sp³-hybridized carbons (Fsp3) is 0.545. The van der Waals surface area contributed by atoms with Gasteiger partial charge in [-0.15, -0.1) is 0 Å². The van der Waals surface area contributed by atoms with Crippen LogP contribution in [0, 0.1) is 13.8 Å². The third kappa shape index (κ3) is 1.53. The molecule has 2 rings (SSSR count). The SMILES string of the molecule is Cc1cc(C)c2c(n1)C(CCN)NC2. The van der Waals surface area contributed by atoms with Crippen LogP contribution < -0.4 is 11.1 Å². The molecule has 3 N–H and O–H groups in total. The Hall–Kier alpha value is -0.930. The van der Waals surface area contributed by atoms with Crippen LogP contribution in [0.3, 0.4) is 0 Å². The van der Waals surface area contributed by atoms with Crippen LogP contribution in [-0.2, 0) is 6.54 Å². The predicted octanol–water partition coefficient (Wildman–Crippen LogP) is 1.19. The number of hydrogen-bond acceptors (Lipinski definition) is 3. The summed E-state index contributed by atoms with van der Waals surface area (Å²) in [6.07, 6.45) is 0.975. The Morgan fingerprint density at radius 1 is 1.57 bits per heavy atom. The molecule has 14 heavy (non-hydrogen) atoms. The molecule has 1 aromatic heterocycles. The summed E-state index contributed by atoms with van der Waals surface area (Å²) in [5.41, 5.74) is 10.6. The van der Waals surface area contributed by atoms with E-state index >= 15 is 0 Å². The van der Waals surface area contributed by atoms with Crippen LogP contribution in [0.2, 0.25) is 0 Å². The van der Waals surface area contributed by atoms with Crippen molar-refractivity contribution < 1.29 is 0 Å². The molecule has 0 saturated carbocycles. The zero-order chi connectivity index (χ0) is 10.1. The normalized spacial score (nSPS) is 19.8. The molecule has 1 aliphatic rings. The highest BCUT2D eigenvalue weighted by atomic mass is 15.0. The van der Waals surface area contributed by atoms with Crippen molar-refractivity contribution >= 4 is 0 Å². The van der Waals surface area contributed by atoms with E-state index in [9.17, 15) is 0 Å². The van der Waals surface area contributed by atoms with E-state index in [1.165, 1.54) is 16.8 Å². The number of hydrogen-bond donors (Lipinski definition) is 2. The molecule has 1 aliphatic heterocycles. The molecule has 0 amide bonds. The second-order valence-electron chi connectivity index (χ2n) is 3.96. The summed E-state index contributed by atoms with van der Waals surface area (Å²) in [5, 5.41) is 3.45. The highest BCUT2D eigenvalue weighted by molar-refractivity contribution is 5.36. The minimum absolute atomic E-state index is 0.369. The third-order valence-corrected chi connectivity index (χ3v) is 2.82. The molecule has 3 nitrogen and oxygen atoms in total. The van der Waals surface area contributed by atoms with E-state index in [1.807, 2.05) is 6.92 Å². The van der Waals surface area contributed by atoms with Crippen LogP contribution in [-0.4, -0.2) is 11.5 Å². The van der Waals surface area contributed by atoms with Crippen molar-refractivity contribution in [2.75, 3.05) is 6.54 Å². The number of nitrogens with one attached hydrogen (secondary N) is 1. The van der Waals surface area contributed by atoms with Crippen molar-refractivity contribution in [3.63, 3.8) is 0 Å². The molecule has 1 unspecified atom stereocenters. The standard InChI is InChI=1S/C11H17N3/c1-7-5-8(2)14-11-9(7)6-13-10(11)3-4-12/h5,10,13H,3-4,6,12H2,1-2H3. The Balaban J connectivity index is 2.38. The number of nitrogens with two attached hydrogens (primary N) is 1. The number of nitrogens with zero attached hydrogens (tertiary/aromatic N) is 1. The van der Waals surface area contributed by atoms with Crippen molar-refractivity contribution in [3.05, 3.63) is 28.6 Å². The lowest BCUT2D eigenvalue weighted by Gasteiger charge is -2.10. The number of pyridine rings is 1. The van der Waals surface area contributed by atoms with Crippen LogP contribution in [0.1, 0.15) is 35.0 Å². The van der Waals surface area contributed by atoms with Gasteiger partial charge in [0.15, 0.2) is 0 Å². The van der Waals surface area contributed by atoms with Gasteiger partial charge in [0, 0.05) is 12.2 Å². The Morgan fingerprint density at radius 2 is 2.36 bits per heavy atom. The van der Waals surface area contributed by atoms with Crippen LogP contribution >= 0.6 is 0 Å². The quantitative estimate of drug-likeness (QED) is 0.738. The Morgan fingerprint density at radius 3 is 3.07 bits per heavy atom. The van der Waals surface area contributed by atoms with Crippen molar-refractivity contribution in [1.29, 1.82) is 0 Å². The molecule has 1 aromatic rings. The Bertz CT molecular complexity index is 347. The average molecular weight is 191 g/mol. The van der Waals surface area contributed by atoms with Crippen LogP contribution in [0.4, 0.5) is 0 Å². The fourth-order valence-corrected chi connectivity index (χ4v) is 2.14. The van der Waals surface area contributed by atoms with Crippen molar-refractivity contribution in [3.8, 4) is 0 Å². The summed E-state index contributed by atoms with van der Waals surface area (Å²) in [7, 11) is 0. The summed E-state index contributed by atoms with van der Waals surface area (Å²) in [6, 6.07) is 2.51. The minimum atomic E-state index is 0.369. The van der Waals surface area contributed by atoms with Gasteiger partial charge >= 0.3 is 0 Å². The number of fused-ring (bicyclic) bond motifs is 1. The van der Waals surface area contributed by atoms with Gasteiger partial charge in [0.05, 0.1) is 11.7 Å². The van der Waals surface area contributed by atoms with Crippen molar-refractivity contribution in [1.82, 2.24) is 10.3 Å². The van der Waals surface area contributed by atoms with E-state index in [2.05, 4.69) is 23.3 Å². The monoisotopic (exact) mass is 191 g/mol. The van der Waals surface area contributed by atoms with Crippen molar-refractivity contribution in [2.24, 2.45) is 5.73 Å². The number of rotatable bonds is 2. The maximum absolute atomic E-state index is 5.57. The summed E-state index contributed by atoms with van der Waals surface area (Å²) in [5.74, 6) is 0. The van der Waals surface area contributed by atoms with Gasteiger partial charge in [0.2, 0.25) is 0 Å². The molecule has 3 heteroatoms.